The molecule has 0 amide bonds. The summed E-state index contributed by atoms with van der Waals surface area (Å²) in [5.74, 6) is 0. The molecule has 1 atom stereocenters. The molecule has 0 saturated heterocycles. The monoisotopic (exact) mass is 207 g/mol. The number of nitrogens with zero attached hydrogens (tertiary/aromatic N) is 2. The Labute approximate surface area is 92.2 Å². The molecule has 0 aliphatic heterocycles. The minimum atomic E-state index is 0.493. The molecule has 1 unspecified atom stereocenters. The molecule has 0 radical (unpaired) electrons. The molecule has 1 rings (SSSR count). The van der Waals surface area contributed by atoms with E-state index in [-0.39, 0.29) is 0 Å². The molecule has 0 aliphatic rings. The summed E-state index contributed by atoms with van der Waals surface area (Å²) in [5, 5.41) is 7.83. The minimum absolute atomic E-state index is 0.493. The van der Waals surface area contributed by atoms with Crippen LogP contribution in [-0.2, 0) is 6.54 Å². The lowest BCUT2D eigenvalue weighted by Gasteiger charge is -2.08. The molecular formula is C12H21N3. The van der Waals surface area contributed by atoms with Crippen molar-refractivity contribution in [3.05, 3.63) is 30.6 Å². The number of nitrogens with one attached hydrogen (secondary N) is 1. The highest BCUT2D eigenvalue weighted by Crippen LogP contribution is 2.08. The fourth-order valence-corrected chi connectivity index (χ4v) is 1.32. The Morgan fingerprint density at radius 3 is 3.13 bits per heavy atom. The average molecular weight is 207 g/mol. The van der Waals surface area contributed by atoms with E-state index in [1.54, 1.807) is 0 Å². The van der Waals surface area contributed by atoms with Gasteiger partial charge in [-0.25, -0.2) is 0 Å². The van der Waals surface area contributed by atoms with Crippen molar-refractivity contribution >= 4 is 0 Å². The van der Waals surface area contributed by atoms with E-state index in [1.807, 2.05) is 10.8 Å². The van der Waals surface area contributed by atoms with Crippen LogP contribution in [0.2, 0.25) is 0 Å². The first kappa shape index (κ1) is 12.0. The van der Waals surface area contributed by atoms with Gasteiger partial charge in [-0.15, -0.1) is 6.58 Å². The quantitative estimate of drug-likeness (QED) is 0.550. The fraction of sp³-hybridized carbons (Fsp3) is 0.583. The molecule has 1 aromatic heterocycles. The van der Waals surface area contributed by atoms with E-state index < -0.39 is 0 Å². The Balaban J connectivity index is 2.35. The lowest BCUT2D eigenvalue weighted by Crippen LogP contribution is -2.15. The van der Waals surface area contributed by atoms with Gasteiger partial charge in [-0.3, -0.25) is 4.68 Å². The summed E-state index contributed by atoms with van der Waals surface area (Å²) in [6.45, 7) is 9.86. The average Bonchev–Trinajstić information content (AvgIpc) is 2.72. The number of aromatic nitrogens is 2. The van der Waals surface area contributed by atoms with Crippen LogP contribution in [-0.4, -0.2) is 16.3 Å². The third-order valence-corrected chi connectivity index (χ3v) is 2.54. The van der Waals surface area contributed by atoms with E-state index in [0.717, 1.165) is 31.6 Å². The van der Waals surface area contributed by atoms with Gasteiger partial charge in [0.15, 0.2) is 0 Å². The Bertz CT molecular complexity index is 291. The summed E-state index contributed by atoms with van der Waals surface area (Å²) in [7, 11) is 0. The summed E-state index contributed by atoms with van der Waals surface area (Å²) < 4.78 is 2.03. The van der Waals surface area contributed by atoms with Crippen molar-refractivity contribution in [3.8, 4) is 0 Å². The smallest absolute Gasteiger partial charge is 0.0762 e. The topological polar surface area (TPSA) is 29.9 Å². The first-order chi connectivity index (χ1) is 7.27. The van der Waals surface area contributed by atoms with Crippen LogP contribution in [0, 0.1) is 0 Å². The number of rotatable bonds is 7. The predicted octanol–water partition coefficient (Wildman–Crippen LogP) is 2.52. The molecule has 3 heteroatoms. The van der Waals surface area contributed by atoms with E-state index >= 15 is 0 Å². The van der Waals surface area contributed by atoms with Crippen molar-refractivity contribution in [1.82, 2.24) is 15.1 Å². The van der Waals surface area contributed by atoms with Gasteiger partial charge >= 0.3 is 0 Å². The summed E-state index contributed by atoms with van der Waals surface area (Å²) in [4.78, 5) is 0. The van der Waals surface area contributed by atoms with Crippen molar-refractivity contribution in [2.45, 2.75) is 39.3 Å². The second-order valence-electron chi connectivity index (χ2n) is 3.80. The number of hydrogen-bond donors (Lipinski definition) is 1. The van der Waals surface area contributed by atoms with Crippen molar-refractivity contribution < 1.29 is 0 Å². The Kier molecular flexibility index (Phi) is 5.12. The summed E-state index contributed by atoms with van der Waals surface area (Å²) in [6, 6.07) is 2.57. The molecule has 84 valence electrons. The van der Waals surface area contributed by atoms with Gasteiger partial charge in [-0.1, -0.05) is 13.0 Å². The Morgan fingerprint density at radius 2 is 2.47 bits per heavy atom. The van der Waals surface area contributed by atoms with Crippen LogP contribution in [0.3, 0.4) is 0 Å². The molecule has 0 fully saturated rings. The van der Waals surface area contributed by atoms with E-state index in [9.17, 15) is 0 Å². The van der Waals surface area contributed by atoms with Gasteiger partial charge in [0.2, 0.25) is 0 Å². The number of hydrogen-bond acceptors (Lipinski definition) is 2. The Morgan fingerprint density at radius 1 is 1.67 bits per heavy atom. The van der Waals surface area contributed by atoms with Gasteiger partial charge in [0.25, 0.3) is 0 Å². The van der Waals surface area contributed by atoms with Crippen LogP contribution in [0.1, 0.15) is 38.4 Å². The van der Waals surface area contributed by atoms with Crippen LogP contribution in [0.5, 0.6) is 0 Å². The second-order valence-corrected chi connectivity index (χ2v) is 3.80. The standard InChI is InChI=1S/C12H21N3/c1-4-6-8-13-10-12-7-9-15(14-12)11(3)5-2/h4,7,9,11,13H,1,5-6,8,10H2,2-3H3. The van der Waals surface area contributed by atoms with E-state index in [1.165, 1.54) is 0 Å². The highest BCUT2D eigenvalue weighted by Gasteiger charge is 2.03. The normalized spacial score (nSPS) is 12.7. The molecule has 0 aromatic carbocycles. The van der Waals surface area contributed by atoms with Crippen molar-refractivity contribution in [2.24, 2.45) is 0 Å². The maximum atomic E-state index is 4.51. The lowest BCUT2D eigenvalue weighted by atomic mass is 10.3. The molecule has 0 aliphatic carbocycles. The molecule has 1 N–H and O–H groups in total. The third-order valence-electron chi connectivity index (χ3n) is 2.54. The highest BCUT2D eigenvalue weighted by atomic mass is 15.3. The van der Waals surface area contributed by atoms with Gasteiger partial charge in [-0.05, 0) is 32.4 Å². The van der Waals surface area contributed by atoms with Gasteiger partial charge in [0.1, 0.15) is 0 Å². The van der Waals surface area contributed by atoms with Gasteiger partial charge < -0.3 is 5.32 Å². The molecular weight excluding hydrogens is 186 g/mol. The van der Waals surface area contributed by atoms with Crippen LogP contribution in [0.15, 0.2) is 24.9 Å². The van der Waals surface area contributed by atoms with Crippen LogP contribution in [0.25, 0.3) is 0 Å². The molecule has 0 saturated carbocycles. The van der Waals surface area contributed by atoms with Gasteiger partial charge in [0, 0.05) is 18.8 Å². The van der Waals surface area contributed by atoms with Gasteiger partial charge in [-0.2, -0.15) is 5.10 Å². The summed E-state index contributed by atoms with van der Waals surface area (Å²) in [5.41, 5.74) is 1.11. The molecule has 0 bridgehead atoms. The zero-order chi connectivity index (χ0) is 11.1. The van der Waals surface area contributed by atoms with E-state index in [4.69, 9.17) is 0 Å². The maximum Gasteiger partial charge on any atom is 0.0762 e. The predicted molar refractivity (Wildman–Crippen MR) is 63.7 cm³/mol. The first-order valence-corrected chi connectivity index (χ1v) is 5.63. The third kappa shape index (κ3) is 3.88. The molecule has 0 spiro atoms. The largest absolute Gasteiger partial charge is 0.311 e. The van der Waals surface area contributed by atoms with E-state index in [2.05, 4.69) is 43.1 Å². The summed E-state index contributed by atoms with van der Waals surface area (Å²) >= 11 is 0. The molecule has 3 nitrogen and oxygen atoms in total. The molecule has 15 heavy (non-hydrogen) atoms. The van der Waals surface area contributed by atoms with Crippen molar-refractivity contribution in [2.75, 3.05) is 6.54 Å². The zero-order valence-electron chi connectivity index (χ0n) is 9.74. The highest BCUT2D eigenvalue weighted by molar-refractivity contribution is 4.99. The van der Waals surface area contributed by atoms with Gasteiger partial charge in [0.05, 0.1) is 5.69 Å². The van der Waals surface area contributed by atoms with Crippen LogP contribution < -0.4 is 5.32 Å². The minimum Gasteiger partial charge on any atom is -0.311 e. The SMILES string of the molecule is C=CCCNCc1ccn(C(C)CC)n1. The fourth-order valence-electron chi connectivity index (χ4n) is 1.32. The van der Waals surface area contributed by atoms with Crippen LogP contribution in [0.4, 0.5) is 0 Å². The second kappa shape index (κ2) is 6.40. The lowest BCUT2D eigenvalue weighted by molar-refractivity contribution is 0.471. The van der Waals surface area contributed by atoms with Crippen molar-refractivity contribution in [3.63, 3.8) is 0 Å². The first-order valence-electron chi connectivity index (χ1n) is 5.63. The van der Waals surface area contributed by atoms with E-state index in [0.29, 0.717) is 6.04 Å². The molecule has 1 heterocycles. The maximum absolute atomic E-state index is 4.51. The molecule has 1 aromatic rings. The zero-order valence-corrected chi connectivity index (χ0v) is 9.74. The van der Waals surface area contributed by atoms with Crippen LogP contribution >= 0.6 is 0 Å². The van der Waals surface area contributed by atoms with Crippen molar-refractivity contribution in [1.29, 1.82) is 0 Å². The Hall–Kier alpha value is -1.09. The summed E-state index contributed by atoms with van der Waals surface area (Å²) in [6.07, 6.45) is 6.10.